The smallest absolute Gasteiger partial charge is 0.0110 e. The Bertz CT molecular complexity index is 352. The number of benzene rings is 1. The Morgan fingerprint density at radius 2 is 1.63 bits per heavy atom. The maximum absolute atomic E-state index is 3.42. The number of nitrogens with one attached hydrogen (secondary N) is 1. The first kappa shape index (κ1) is 14.5. The molecule has 0 spiro atoms. The molecule has 0 radical (unpaired) electrons. The van der Waals surface area contributed by atoms with Crippen LogP contribution in [0.15, 0.2) is 24.3 Å². The summed E-state index contributed by atoms with van der Waals surface area (Å²) in [6.07, 6.45) is 4.92. The van der Waals surface area contributed by atoms with Crippen LogP contribution in [0.25, 0.3) is 0 Å². The maximum Gasteiger partial charge on any atom is 0.0110 e. The molecule has 1 atom stereocenters. The Balaban J connectivity index is 1.77. The quantitative estimate of drug-likeness (QED) is 0.846. The molecule has 1 aliphatic heterocycles. The van der Waals surface area contributed by atoms with Crippen molar-refractivity contribution in [1.29, 1.82) is 0 Å². The van der Waals surface area contributed by atoms with Crippen LogP contribution in [0.4, 0.5) is 0 Å². The number of piperazine rings is 1. The van der Waals surface area contributed by atoms with Crippen LogP contribution < -0.4 is 5.32 Å². The first-order chi connectivity index (χ1) is 9.29. The molecule has 0 bridgehead atoms. The summed E-state index contributed by atoms with van der Waals surface area (Å²) in [4.78, 5) is 2.61. The average molecular weight is 260 g/mol. The van der Waals surface area contributed by atoms with Crippen molar-refractivity contribution in [2.24, 2.45) is 0 Å². The van der Waals surface area contributed by atoms with Crippen LogP contribution in [-0.4, -0.2) is 37.1 Å². The summed E-state index contributed by atoms with van der Waals surface area (Å²) in [7, 11) is 0. The summed E-state index contributed by atoms with van der Waals surface area (Å²) in [6.45, 7) is 9.32. The lowest BCUT2D eigenvalue weighted by Crippen LogP contribution is -2.47. The van der Waals surface area contributed by atoms with E-state index >= 15 is 0 Å². The minimum atomic E-state index is 0.706. The molecule has 1 unspecified atom stereocenters. The fourth-order valence-corrected chi connectivity index (χ4v) is 2.84. The molecule has 1 saturated heterocycles. The van der Waals surface area contributed by atoms with Gasteiger partial charge in [-0.1, -0.05) is 37.6 Å². The van der Waals surface area contributed by atoms with E-state index in [4.69, 9.17) is 0 Å². The van der Waals surface area contributed by atoms with Gasteiger partial charge in [0, 0.05) is 32.2 Å². The molecule has 1 fully saturated rings. The van der Waals surface area contributed by atoms with Gasteiger partial charge in [-0.25, -0.2) is 0 Å². The van der Waals surface area contributed by atoms with Crippen LogP contribution in [0, 0.1) is 0 Å². The Hall–Kier alpha value is -0.860. The topological polar surface area (TPSA) is 15.3 Å². The largest absolute Gasteiger partial charge is 0.314 e. The van der Waals surface area contributed by atoms with Crippen LogP contribution in [0.3, 0.4) is 0 Å². The summed E-state index contributed by atoms with van der Waals surface area (Å²) in [5, 5.41) is 3.42. The van der Waals surface area contributed by atoms with E-state index in [2.05, 4.69) is 48.3 Å². The van der Waals surface area contributed by atoms with E-state index in [-0.39, 0.29) is 0 Å². The Labute approximate surface area is 118 Å². The SMILES string of the molecule is CCCc1ccc(CCC(C)N2CCNCC2)cc1. The van der Waals surface area contributed by atoms with Gasteiger partial charge in [-0.2, -0.15) is 0 Å². The molecule has 19 heavy (non-hydrogen) atoms. The van der Waals surface area contributed by atoms with Gasteiger partial charge in [0.1, 0.15) is 0 Å². The molecule has 0 aliphatic carbocycles. The van der Waals surface area contributed by atoms with E-state index in [0.29, 0.717) is 6.04 Å². The molecule has 0 saturated carbocycles. The van der Waals surface area contributed by atoms with Crippen LogP contribution in [0.5, 0.6) is 0 Å². The molecule has 1 heterocycles. The van der Waals surface area contributed by atoms with Gasteiger partial charge in [0.15, 0.2) is 0 Å². The highest BCUT2D eigenvalue weighted by Gasteiger charge is 2.15. The van der Waals surface area contributed by atoms with Gasteiger partial charge in [-0.05, 0) is 37.3 Å². The van der Waals surface area contributed by atoms with Gasteiger partial charge in [0.25, 0.3) is 0 Å². The van der Waals surface area contributed by atoms with E-state index in [1.807, 2.05) is 0 Å². The minimum Gasteiger partial charge on any atom is -0.314 e. The summed E-state index contributed by atoms with van der Waals surface area (Å²) in [6, 6.07) is 9.94. The summed E-state index contributed by atoms with van der Waals surface area (Å²) < 4.78 is 0. The molecular formula is C17H28N2. The highest BCUT2D eigenvalue weighted by Crippen LogP contribution is 2.12. The fourth-order valence-electron chi connectivity index (χ4n) is 2.84. The maximum atomic E-state index is 3.42. The fraction of sp³-hybridized carbons (Fsp3) is 0.647. The summed E-state index contributed by atoms with van der Waals surface area (Å²) in [5.74, 6) is 0. The van der Waals surface area contributed by atoms with Gasteiger partial charge in [0.2, 0.25) is 0 Å². The third kappa shape index (κ3) is 4.63. The van der Waals surface area contributed by atoms with E-state index in [0.717, 1.165) is 13.1 Å². The molecule has 1 aliphatic rings. The van der Waals surface area contributed by atoms with Crippen molar-refractivity contribution < 1.29 is 0 Å². The van der Waals surface area contributed by atoms with Crippen LogP contribution in [0.2, 0.25) is 0 Å². The molecule has 2 nitrogen and oxygen atoms in total. The molecular weight excluding hydrogens is 232 g/mol. The first-order valence-corrected chi connectivity index (χ1v) is 7.82. The Morgan fingerprint density at radius 1 is 1.05 bits per heavy atom. The molecule has 1 aromatic carbocycles. The van der Waals surface area contributed by atoms with Crippen LogP contribution >= 0.6 is 0 Å². The lowest BCUT2D eigenvalue weighted by Gasteiger charge is -2.32. The Kier molecular flexibility index (Phi) is 5.87. The molecule has 1 N–H and O–H groups in total. The van der Waals surface area contributed by atoms with Gasteiger partial charge < -0.3 is 5.32 Å². The van der Waals surface area contributed by atoms with Crippen molar-refractivity contribution in [2.75, 3.05) is 26.2 Å². The predicted molar refractivity (Wildman–Crippen MR) is 82.7 cm³/mol. The van der Waals surface area contributed by atoms with Gasteiger partial charge in [0.05, 0.1) is 0 Å². The van der Waals surface area contributed by atoms with Crippen LogP contribution in [0.1, 0.15) is 37.8 Å². The molecule has 2 rings (SSSR count). The third-order valence-electron chi connectivity index (χ3n) is 4.19. The van der Waals surface area contributed by atoms with E-state index in [1.54, 1.807) is 0 Å². The number of aryl methyl sites for hydroxylation is 2. The van der Waals surface area contributed by atoms with Gasteiger partial charge >= 0.3 is 0 Å². The number of hydrogen-bond donors (Lipinski definition) is 1. The number of hydrogen-bond acceptors (Lipinski definition) is 2. The number of nitrogens with zero attached hydrogens (tertiary/aromatic N) is 1. The zero-order valence-electron chi connectivity index (χ0n) is 12.5. The zero-order valence-corrected chi connectivity index (χ0v) is 12.5. The first-order valence-electron chi connectivity index (χ1n) is 7.82. The highest BCUT2D eigenvalue weighted by atomic mass is 15.2. The van der Waals surface area contributed by atoms with E-state index in [1.165, 1.54) is 49.9 Å². The average Bonchev–Trinajstić information content (AvgIpc) is 2.47. The highest BCUT2D eigenvalue weighted by molar-refractivity contribution is 5.22. The normalized spacial score (nSPS) is 18.4. The molecule has 106 valence electrons. The van der Waals surface area contributed by atoms with Crippen molar-refractivity contribution >= 4 is 0 Å². The molecule has 2 heteroatoms. The lowest BCUT2D eigenvalue weighted by molar-refractivity contribution is 0.177. The van der Waals surface area contributed by atoms with Gasteiger partial charge in [-0.15, -0.1) is 0 Å². The predicted octanol–water partition coefficient (Wildman–Crippen LogP) is 2.87. The second-order valence-corrected chi connectivity index (χ2v) is 5.74. The van der Waals surface area contributed by atoms with Crippen LogP contribution in [-0.2, 0) is 12.8 Å². The second-order valence-electron chi connectivity index (χ2n) is 5.74. The standard InChI is InChI=1S/C17H28N2/c1-3-4-16-7-9-17(10-8-16)6-5-15(2)19-13-11-18-12-14-19/h7-10,15,18H,3-6,11-14H2,1-2H3. The number of rotatable bonds is 6. The van der Waals surface area contributed by atoms with Crippen molar-refractivity contribution in [2.45, 2.75) is 45.6 Å². The lowest BCUT2D eigenvalue weighted by atomic mass is 10.0. The zero-order chi connectivity index (χ0) is 13.5. The van der Waals surface area contributed by atoms with Crippen molar-refractivity contribution in [3.8, 4) is 0 Å². The monoisotopic (exact) mass is 260 g/mol. The van der Waals surface area contributed by atoms with E-state index < -0.39 is 0 Å². The van der Waals surface area contributed by atoms with Crippen molar-refractivity contribution in [1.82, 2.24) is 10.2 Å². The minimum absolute atomic E-state index is 0.706. The Morgan fingerprint density at radius 3 is 2.21 bits per heavy atom. The molecule has 0 amide bonds. The van der Waals surface area contributed by atoms with Gasteiger partial charge in [-0.3, -0.25) is 4.90 Å². The summed E-state index contributed by atoms with van der Waals surface area (Å²) >= 11 is 0. The van der Waals surface area contributed by atoms with E-state index in [9.17, 15) is 0 Å². The third-order valence-corrected chi connectivity index (χ3v) is 4.19. The van der Waals surface area contributed by atoms with Crippen molar-refractivity contribution in [3.05, 3.63) is 35.4 Å². The molecule has 0 aromatic heterocycles. The molecule has 1 aromatic rings. The summed E-state index contributed by atoms with van der Waals surface area (Å²) in [5.41, 5.74) is 2.96. The van der Waals surface area contributed by atoms with Crippen molar-refractivity contribution in [3.63, 3.8) is 0 Å². The second kappa shape index (κ2) is 7.66.